The van der Waals surface area contributed by atoms with Crippen molar-refractivity contribution >= 4 is 11.9 Å². The van der Waals surface area contributed by atoms with Crippen molar-refractivity contribution in [3.05, 3.63) is 0 Å². The summed E-state index contributed by atoms with van der Waals surface area (Å²) in [7, 11) is 0. The molecule has 2 rings (SSSR count). The molecule has 0 bridgehead atoms. The SMILES string of the molecule is CC(C)CCN[C@H](C)[C@@H](O)CN1CC[C@H]1C(=O)O.CC(C)CCN[C@H](C)[C@H](O)CN1CC[C@H]1C(=O)O. The van der Waals surface area contributed by atoms with Gasteiger partial charge in [0.05, 0.1) is 12.2 Å². The van der Waals surface area contributed by atoms with E-state index in [4.69, 9.17) is 10.2 Å². The van der Waals surface area contributed by atoms with Crippen LogP contribution in [0.15, 0.2) is 0 Å². The molecule has 10 nitrogen and oxygen atoms in total. The van der Waals surface area contributed by atoms with Gasteiger partial charge in [-0.1, -0.05) is 27.7 Å². The Balaban J connectivity index is 0.000000360. The molecule has 2 fully saturated rings. The van der Waals surface area contributed by atoms with Crippen molar-refractivity contribution in [3.8, 4) is 0 Å². The van der Waals surface area contributed by atoms with Gasteiger partial charge in [0.15, 0.2) is 0 Å². The highest BCUT2D eigenvalue weighted by Crippen LogP contribution is 2.19. The molecule has 10 heteroatoms. The summed E-state index contributed by atoms with van der Waals surface area (Å²) < 4.78 is 0. The average Bonchev–Trinajstić information content (AvgIpc) is 2.72. The third kappa shape index (κ3) is 11.8. The van der Waals surface area contributed by atoms with Crippen LogP contribution in [0.2, 0.25) is 0 Å². The van der Waals surface area contributed by atoms with Gasteiger partial charge in [-0.05, 0) is 64.5 Å². The molecule has 0 aromatic carbocycles. The Morgan fingerprint density at radius 2 is 1.06 bits per heavy atom. The Morgan fingerprint density at radius 3 is 1.28 bits per heavy atom. The van der Waals surface area contributed by atoms with E-state index in [1.54, 1.807) is 0 Å². The zero-order valence-corrected chi connectivity index (χ0v) is 23.2. The van der Waals surface area contributed by atoms with E-state index in [9.17, 15) is 19.8 Å². The maximum atomic E-state index is 10.9. The third-order valence-corrected chi connectivity index (χ3v) is 7.20. The van der Waals surface area contributed by atoms with Crippen LogP contribution in [-0.2, 0) is 9.59 Å². The van der Waals surface area contributed by atoms with Gasteiger partial charge in [-0.15, -0.1) is 0 Å². The van der Waals surface area contributed by atoms with Gasteiger partial charge in [0, 0.05) is 38.3 Å². The van der Waals surface area contributed by atoms with Crippen LogP contribution in [-0.4, -0.2) is 118 Å². The summed E-state index contributed by atoms with van der Waals surface area (Å²) in [6.07, 6.45) is 2.52. The molecular formula is C26H52N4O6. The first kappa shape index (κ1) is 32.7. The number of aliphatic hydroxyl groups is 2. The highest BCUT2D eigenvalue weighted by molar-refractivity contribution is 5.74. The van der Waals surface area contributed by atoms with E-state index in [1.807, 2.05) is 23.6 Å². The molecule has 0 radical (unpaired) electrons. The second kappa shape index (κ2) is 16.5. The first-order chi connectivity index (χ1) is 16.8. The fraction of sp³-hybridized carbons (Fsp3) is 0.923. The number of carboxylic acid groups (broad SMARTS) is 2. The minimum absolute atomic E-state index is 0.00112. The zero-order chi connectivity index (χ0) is 27.4. The molecule has 0 aromatic heterocycles. The van der Waals surface area contributed by atoms with Crippen molar-refractivity contribution in [2.24, 2.45) is 11.8 Å². The van der Waals surface area contributed by atoms with Crippen LogP contribution >= 0.6 is 0 Å². The summed E-state index contributed by atoms with van der Waals surface area (Å²) in [5, 5.41) is 44.5. The van der Waals surface area contributed by atoms with Crippen LogP contribution in [0.3, 0.4) is 0 Å². The van der Waals surface area contributed by atoms with Crippen molar-refractivity contribution in [3.63, 3.8) is 0 Å². The lowest BCUT2D eigenvalue weighted by Gasteiger charge is -2.40. The fourth-order valence-corrected chi connectivity index (χ4v) is 4.15. The first-order valence-corrected chi connectivity index (χ1v) is 13.6. The van der Waals surface area contributed by atoms with E-state index in [2.05, 4.69) is 38.3 Å². The summed E-state index contributed by atoms with van der Waals surface area (Å²) in [5.41, 5.74) is 0. The minimum atomic E-state index is -0.783. The van der Waals surface area contributed by atoms with E-state index >= 15 is 0 Å². The van der Waals surface area contributed by atoms with Crippen molar-refractivity contribution < 1.29 is 30.0 Å². The number of nitrogens with one attached hydrogen (secondary N) is 2. The Kier molecular flexibility index (Phi) is 15.0. The van der Waals surface area contributed by atoms with Gasteiger partial charge in [0.25, 0.3) is 0 Å². The summed E-state index contributed by atoms with van der Waals surface area (Å²) in [6.45, 7) is 16.7. The molecule has 0 spiro atoms. The number of aliphatic hydroxyl groups excluding tert-OH is 2. The van der Waals surface area contributed by atoms with Gasteiger partial charge in [-0.25, -0.2) is 0 Å². The molecule has 0 unspecified atom stereocenters. The largest absolute Gasteiger partial charge is 0.480 e. The molecule has 0 amide bonds. The van der Waals surface area contributed by atoms with Gasteiger partial charge in [0.1, 0.15) is 12.1 Å². The zero-order valence-electron chi connectivity index (χ0n) is 23.2. The molecule has 6 atom stereocenters. The molecule has 2 aliphatic heterocycles. The Hall–Kier alpha value is -1.30. The Bertz CT molecular complexity index is 596. The molecule has 0 saturated carbocycles. The number of hydrogen-bond donors (Lipinski definition) is 6. The van der Waals surface area contributed by atoms with E-state index in [-0.39, 0.29) is 12.1 Å². The van der Waals surface area contributed by atoms with Gasteiger partial charge in [-0.3, -0.25) is 19.4 Å². The molecule has 0 aliphatic carbocycles. The monoisotopic (exact) mass is 516 g/mol. The van der Waals surface area contributed by atoms with Crippen molar-refractivity contribution in [1.29, 1.82) is 0 Å². The predicted molar refractivity (Wildman–Crippen MR) is 141 cm³/mol. The second-order valence-corrected chi connectivity index (χ2v) is 11.3. The lowest BCUT2D eigenvalue weighted by atomic mass is 10.0. The maximum Gasteiger partial charge on any atom is 0.320 e. The minimum Gasteiger partial charge on any atom is -0.480 e. The fourth-order valence-electron chi connectivity index (χ4n) is 4.15. The van der Waals surface area contributed by atoms with E-state index in [1.165, 1.54) is 0 Å². The van der Waals surface area contributed by atoms with Crippen LogP contribution in [0.1, 0.15) is 67.2 Å². The summed E-state index contributed by atoms with van der Waals surface area (Å²) in [4.78, 5) is 25.4. The Labute approximate surface area is 217 Å². The molecule has 2 saturated heterocycles. The average molecular weight is 517 g/mol. The van der Waals surface area contributed by atoms with Crippen molar-refractivity contribution in [2.75, 3.05) is 39.3 Å². The van der Waals surface area contributed by atoms with E-state index in [0.717, 1.165) is 39.0 Å². The number of rotatable bonds is 16. The van der Waals surface area contributed by atoms with Crippen LogP contribution in [0, 0.1) is 11.8 Å². The number of hydrogen-bond acceptors (Lipinski definition) is 8. The maximum absolute atomic E-state index is 10.9. The molecule has 212 valence electrons. The number of aliphatic carboxylic acids is 2. The Morgan fingerprint density at radius 1 is 0.722 bits per heavy atom. The normalized spacial score (nSPS) is 23.7. The predicted octanol–water partition coefficient (Wildman–Crippen LogP) is 1.06. The highest BCUT2D eigenvalue weighted by Gasteiger charge is 2.36. The van der Waals surface area contributed by atoms with Gasteiger partial charge in [-0.2, -0.15) is 0 Å². The first-order valence-electron chi connectivity index (χ1n) is 13.6. The number of carbonyl (C=O) groups is 2. The molecule has 0 aromatic rings. The number of β-amino-alcohol motifs (C(OH)–C–C–N with tert-alkyl or cyclic N) is 2. The van der Waals surface area contributed by atoms with Gasteiger partial charge < -0.3 is 31.1 Å². The van der Waals surface area contributed by atoms with Crippen LogP contribution in [0.5, 0.6) is 0 Å². The van der Waals surface area contributed by atoms with E-state index in [0.29, 0.717) is 37.8 Å². The van der Waals surface area contributed by atoms with Crippen molar-refractivity contribution in [1.82, 2.24) is 20.4 Å². The van der Waals surface area contributed by atoms with Crippen LogP contribution in [0.4, 0.5) is 0 Å². The van der Waals surface area contributed by atoms with Crippen LogP contribution < -0.4 is 10.6 Å². The third-order valence-electron chi connectivity index (χ3n) is 7.20. The number of carboxylic acids is 2. The molecule has 36 heavy (non-hydrogen) atoms. The smallest absolute Gasteiger partial charge is 0.320 e. The molecule has 6 N–H and O–H groups in total. The molecule has 2 heterocycles. The molecular weight excluding hydrogens is 464 g/mol. The highest BCUT2D eigenvalue weighted by atomic mass is 16.4. The summed E-state index contributed by atoms with van der Waals surface area (Å²) >= 11 is 0. The summed E-state index contributed by atoms with van der Waals surface area (Å²) in [6, 6.07) is -0.803. The molecule has 2 aliphatic rings. The summed E-state index contributed by atoms with van der Waals surface area (Å²) in [5.74, 6) is -0.273. The number of likely N-dealkylation sites (tertiary alicyclic amines) is 2. The van der Waals surface area contributed by atoms with Gasteiger partial charge >= 0.3 is 11.9 Å². The standard InChI is InChI=1S/2C13H26N2O3/c2*1-9(2)4-6-14-10(3)12(16)8-15-7-5-11(15)13(17)18/h2*9-12,14,16H,4-8H2,1-3H3,(H,17,18)/t10-,11+,12+;10-,11+,12-/m11/s1. The van der Waals surface area contributed by atoms with E-state index < -0.39 is 36.2 Å². The lowest BCUT2D eigenvalue weighted by molar-refractivity contribution is -0.150. The quantitative estimate of drug-likeness (QED) is 0.176. The topological polar surface area (TPSA) is 146 Å². The van der Waals surface area contributed by atoms with Crippen molar-refractivity contribution in [2.45, 2.75) is 104 Å². The van der Waals surface area contributed by atoms with Gasteiger partial charge in [0.2, 0.25) is 0 Å². The lowest BCUT2D eigenvalue weighted by Crippen LogP contribution is -2.57. The van der Waals surface area contributed by atoms with Crippen LogP contribution in [0.25, 0.3) is 0 Å². The second-order valence-electron chi connectivity index (χ2n) is 11.3. The number of nitrogens with zero attached hydrogens (tertiary/aromatic N) is 2.